The van der Waals surface area contributed by atoms with Gasteiger partial charge in [0.05, 0.1) is 22.7 Å². The molecule has 4 N–H and O–H groups in total. The molecule has 0 spiro atoms. The van der Waals surface area contributed by atoms with E-state index in [-0.39, 0.29) is 30.2 Å². The van der Waals surface area contributed by atoms with E-state index in [2.05, 4.69) is 15.3 Å². The lowest BCUT2D eigenvalue weighted by molar-refractivity contribution is -0.125. The Morgan fingerprint density at radius 2 is 2.25 bits per heavy atom. The molecule has 0 unspecified atom stereocenters. The van der Waals surface area contributed by atoms with Crippen molar-refractivity contribution in [1.29, 1.82) is 0 Å². The van der Waals surface area contributed by atoms with Crippen LogP contribution in [0.25, 0.3) is 0 Å². The Labute approximate surface area is 164 Å². The number of halogens is 3. The van der Waals surface area contributed by atoms with Gasteiger partial charge in [0.15, 0.2) is 0 Å². The number of hydrogen-bond acceptors (Lipinski definition) is 5. The number of hydrogen-bond donors (Lipinski definition) is 3. The highest BCUT2D eigenvalue weighted by Gasteiger charge is 2.46. The number of carbonyl (C=O) groups excluding carboxylic acids is 1. The van der Waals surface area contributed by atoms with Gasteiger partial charge in [0.25, 0.3) is 11.5 Å². The minimum Gasteiger partial charge on any atom is -0.394 e. The van der Waals surface area contributed by atoms with Gasteiger partial charge in [-0.3, -0.25) is 14.5 Å². The number of H-pyrrole nitrogens is 1. The fraction of sp³-hybridized carbons (Fsp3) is 0.389. The second kappa shape index (κ2) is 7.84. The fourth-order valence-electron chi connectivity index (χ4n) is 3.19. The zero-order valence-electron chi connectivity index (χ0n) is 15.1. The molecule has 0 bridgehead atoms. The molecule has 1 aliphatic rings. The molecule has 1 fully saturated rings. The van der Waals surface area contributed by atoms with Crippen molar-refractivity contribution in [3.05, 3.63) is 51.5 Å². The molecule has 28 heavy (non-hydrogen) atoms. The van der Waals surface area contributed by atoms with Crippen LogP contribution in [0.15, 0.2) is 35.4 Å². The van der Waals surface area contributed by atoms with Crippen LogP contribution in [0.2, 0.25) is 5.02 Å². The molecule has 1 amide bonds. The van der Waals surface area contributed by atoms with Gasteiger partial charge in [0.1, 0.15) is 5.82 Å². The maximum Gasteiger partial charge on any atom is 0.271 e. The number of aromatic nitrogens is 2. The van der Waals surface area contributed by atoms with Gasteiger partial charge in [-0.25, -0.2) is 13.8 Å². The van der Waals surface area contributed by atoms with Crippen LogP contribution in [0.3, 0.4) is 0 Å². The van der Waals surface area contributed by atoms with Crippen molar-refractivity contribution in [2.24, 2.45) is 0 Å². The standard InChI is InChI=1S/C18H20ClF2N5O2/c1-10(16(27)25-15-3-2-12(19)8-23-15)26-5-4-18(20,21)13(9-26)11-6-14(22)17(28)24-7-11/h2-3,6-8,10,13H,4-5,9,22H2,1H3,(H,24,28)(H,23,25,27)/t10-,13+/m0/s1. The zero-order valence-corrected chi connectivity index (χ0v) is 15.8. The summed E-state index contributed by atoms with van der Waals surface area (Å²) in [6, 6.07) is 3.76. The molecule has 1 saturated heterocycles. The largest absolute Gasteiger partial charge is 0.394 e. The van der Waals surface area contributed by atoms with Crippen LogP contribution in [-0.2, 0) is 4.79 Å². The van der Waals surface area contributed by atoms with Gasteiger partial charge in [-0.05, 0) is 30.7 Å². The summed E-state index contributed by atoms with van der Waals surface area (Å²) < 4.78 is 29.1. The maximum absolute atomic E-state index is 14.5. The van der Waals surface area contributed by atoms with Crippen molar-refractivity contribution in [1.82, 2.24) is 14.9 Å². The maximum atomic E-state index is 14.5. The van der Waals surface area contributed by atoms with E-state index in [1.807, 2.05) is 0 Å². The first-order chi connectivity index (χ1) is 13.2. The lowest BCUT2D eigenvalue weighted by Gasteiger charge is -2.40. The van der Waals surface area contributed by atoms with Crippen LogP contribution in [-0.4, -0.2) is 45.8 Å². The first-order valence-corrected chi connectivity index (χ1v) is 9.07. The number of carbonyl (C=O) groups is 1. The Balaban J connectivity index is 1.75. The van der Waals surface area contributed by atoms with Crippen molar-refractivity contribution in [3.8, 4) is 0 Å². The molecular weight excluding hydrogens is 392 g/mol. The topological polar surface area (TPSA) is 104 Å². The SMILES string of the molecule is C[C@@H](C(=O)Nc1ccc(Cl)cn1)N1CCC(F)(F)[C@@H](c2c[nH]c(=O)c(N)c2)C1. The first kappa shape index (κ1) is 20.2. The number of anilines is 2. The molecule has 0 saturated carbocycles. The number of nitrogens with two attached hydrogens (primary N) is 1. The Morgan fingerprint density at radius 1 is 1.50 bits per heavy atom. The number of rotatable bonds is 4. The second-order valence-electron chi connectivity index (χ2n) is 6.80. The van der Waals surface area contributed by atoms with Gasteiger partial charge < -0.3 is 16.0 Å². The number of aromatic amines is 1. The molecule has 2 aromatic rings. The Bertz CT molecular complexity index is 919. The quantitative estimate of drug-likeness (QED) is 0.717. The third kappa shape index (κ3) is 4.31. The number of nitrogen functional groups attached to an aromatic ring is 1. The normalized spacial score (nSPS) is 20.5. The molecule has 0 aliphatic carbocycles. The molecule has 2 aromatic heterocycles. The van der Waals surface area contributed by atoms with Crippen LogP contribution < -0.4 is 16.6 Å². The summed E-state index contributed by atoms with van der Waals surface area (Å²) >= 11 is 5.77. The van der Waals surface area contributed by atoms with Crippen molar-refractivity contribution in [3.63, 3.8) is 0 Å². The van der Waals surface area contributed by atoms with E-state index in [9.17, 15) is 18.4 Å². The number of piperidine rings is 1. The van der Waals surface area contributed by atoms with Gasteiger partial charge in [0.2, 0.25) is 5.91 Å². The van der Waals surface area contributed by atoms with E-state index in [0.29, 0.717) is 10.8 Å². The highest BCUT2D eigenvalue weighted by molar-refractivity contribution is 6.30. The van der Waals surface area contributed by atoms with Crippen LogP contribution in [0.1, 0.15) is 24.8 Å². The first-order valence-electron chi connectivity index (χ1n) is 8.70. The molecule has 2 atom stereocenters. The average molecular weight is 412 g/mol. The van der Waals surface area contributed by atoms with Crippen LogP contribution in [0, 0.1) is 0 Å². The van der Waals surface area contributed by atoms with Gasteiger partial charge in [-0.15, -0.1) is 0 Å². The fourth-order valence-corrected chi connectivity index (χ4v) is 3.31. The highest BCUT2D eigenvalue weighted by Crippen LogP contribution is 2.40. The molecular formula is C18H20ClF2N5O2. The van der Waals surface area contributed by atoms with E-state index in [1.165, 1.54) is 18.5 Å². The van der Waals surface area contributed by atoms with Gasteiger partial charge >= 0.3 is 0 Å². The molecule has 3 heterocycles. The van der Waals surface area contributed by atoms with Crippen LogP contribution in [0.4, 0.5) is 20.3 Å². The Kier molecular flexibility index (Phi) is 5.66. The second-order valence-corrected chi connectivity index (χ2v) is 7.24. The molecule has 3 rings (SSSR count). The van der Waals surface area contributed by atoms with Crippen molar-refractivity contribution >= 4 is 29.0 Å². The number of nitrogens with zero attached hydrogens (tertiary/aromatic N) is 2. The number of nitrogens with one attached hydrogen (secondary N) is 2. The number of alkyl halides is 2. The lowest BCUT2D eigenvalue weighted by Crippen LogP contribution is -2.52. The summed E-state index contributed by atoms with van der Waals surface area (Å²) in [6.45, 7) is 1.65. The summed E-state index contributed by atoms with van der Waals surface area (Å²) in [6.07, 6.45) is 2.25. The predicted octanol–water partition coefficient (Wildman–Crippen LogP) is 2.46. The molecule has 10 heteroatoms. The van der Waals surface area contributed by atoms with Gasteiger partial charge in [-0.2, -0.15) is 0 Å². The summed E-state index contributed by atoms with van der Waals surface area (Å²) in [4.78, 5) is 32.0. The Morgan fingerprint density at radius 3 is 2.89 bits per heavy atom. The number of pyridine rings is 2. The lowest BCUT2D eigenvalue weighted by atomic mass is 9.87. The minimum atomic E-state index is -2.98. The summed E-state index contributed by atoms with van der Waals surface area (Å²) in [5.41, 5.74) is 5.16. The summed E-state index contributed by atoms with van der Waals surface area (Å²) in [7, 11) is 0. The predicted molar refractivity (Wildman–Crippen MR) is 103 cm³/mol. The third-order valence-electron chi connectivity index (χ3n) is 4.92. The van der Waals surface area contributed by atoms with Crippen molar-refractivity contribution in [2.45, 2.75) is 31.2 Å². The van der Waals surface area contributed by atoms with Crippen LogP contribution in [0.5, 0.6) is 0 Å². The highest BCUT2D eigenvalue weighted by atomic mass is 35.5. The zero-order chi connectivity index (χ0) is 20.5. The molecule has 150 valence electrons. The van der Waals surface area contributed by atoms with E-state index in [4.69, 9.17) is 17.3 Å². The summed E-state index contributed by atoms with van der Waals surface area (Å²) in [5.74, 6) is -4.20. The molecule has 0 radical (unpaired) electrons. The molecule has 0 aromatic carbocycles. The van der Waals surface area contributed by atoms with E-state index in [1.54, 1.807) is 24.0 Å². The number of likely N-dealkylation sites (tertiary alicyclic amines) is 1. The molecule has 1 aliphatic heterocycles. The van der Waals surface area contributed by atoms with Gasteiger partial charge in [0, 0.05) is 31.9 Å². The average Bonchev–Trinajstić information content (AvgIpc) is 2.65. The van der Waals surface area contributed by atoms with E-state index < -0.39 is 29.9 Å². The smallest absolute Gasteiger partial charge is 0.271 e. The van der Waals surface area contributed by atoms with Gasteiger partial charge in [-0.1, -0.05) is 11.6 Å². The monoisotopic (exact) mass is 411 g/mol. The van der Waals surface area contributed by atoms with Crippen molar-refractivity contribution < 1.29 is 13.6 Å². The van der Waals surface area contributed by atoms with E-state index >= 15 is 0 Å². The Hall–Kier alpha value is -2.52. The minimum absolute atomic E-state index is 0.0544. The molecule has 7 nitrogen and oxygen atoms in total. The third-order valence-corrected chi connectivity index (χ3v) is 5.15. The van der Waals surface area contributed by atoms with Crippen molar-refractivity contribution in [2.75, 3.05) is 24.1 Å². The summed E-state index contributed by atoms with van der Waals surface area (Å²) in [5, 5.41) is 3.09. The number of amides is 1. The van der Waals surface area contributed by atoms with E-state index in [0.717, 1.165) is 0 Å². The van der Waals surface area contributed by atoms with Crippen LogP contribution >= 0.6 is 11.6 Å².